The molecule has 2 fully saturated rings. The van der Waals surface area contributed by atoms with Crippen molar-refractivity contribution >= 4 is 17.5 Å². The Bertz CT molecular complexity index is 1110. The molecule has 2 aromatic rings. The summed E-state index contributed by atoms with van der Waals surface area (Å²) in [6, 6.07) is 15.9. The number of likely N-dealkylation sites (tertiary alicyclic amines) is 1. The van der Waals surface area contributed by atoms with E-state index in [9.17, 15) is 14.7 Å². The fourth-order valence-electron chi connectivity index (χ4n) is 5.74. The van der Waals surface area contributed by atoms with E-state index in [0.717, 1.165) is 74.9 Å². The van der Waals surface area contributed by atoms with Gasteiger partial charge in [-0.25, -0.2) is 5.48 Å². The van der Waals surface area contributed by atoms with E-state index >= 15 is 0 Å². The van der Waals surface area contributed by atoms with Crippen molar-refractivity contribution in [2.24, 2.45) is 0 Å². The maximum absolute atomic E-state index is 12.4. The number of rotatable bonds is 15. The van der Waals surface area contributed by atoms with E-state index in [2.05, 4.69) is 10.2 Å². The molecule has 4 rings (SSSR count). The van der Waals surface area contributed by atoms with Crippen molar-refractivity contribution in [2.45, 2.75) is 88.9 Å². The molecule has 2 aliphatic heterocycles. The van der Waals surface area contributed by atoms with Crippen molar-refractivity contribution in [1.82, 2.24) is 10.4 Å². The molecule has 10 heteroatoms. The van der Waals surface area contributed by atoms with Crippen LogP contribution in [0.2, 0.25) is 0 Å². The third-order valence-electron chi connectivity index (χ3n) is 8.06. The monoisotopic (exact) mass is 583 g/mol. The molecule has 4 atom stereocenters. The molecule has 4 N–H and O–H groups in total. The average molecular weight is 584 g/mol. The molecule has 0 spiro atoms. The van der Waals surface area contributed by atoms with Gasteiger partial charge in [0.05, 0.1) is 25.4 Å². The molecule has 2 heterocycles. The number of aliphatic hydroxyl groups excluding tert-OH is 1. The number of amides is 2. The molecule has 2 amide bonds. The van der Waals surface area contributed by atoms with Gasteiger partial charge in [-0.05, 0) is 55.5 Å². The zero-order chi connectivity index (χ0) is 29.7. The molecule has 42 heavy (non-hydrogen) atoms. The predicted octanol–water partition coefficient (Wildman–Crippen LogP) is 4.62. The number of nitrogens with one attached hydrogen (secondary N) is 2. The van der Waals surface area contributed by atoms with Crippen LogP contribution in [0.25, 0.3) is 0 Å². The largest absolute Gasteiger partial charge is 0.392 e. The third kappa shape index (κ3) is 9.58. The van der Waals surface area contributed by atoms with Crippen LogP contribution in [0.15, 0.2) is 48.5 Å². The highest BCUT2D eigenvalue weighted by molar-refractivity contribution is 5.90. The van der Waals surface area contributed by atoms with Crippen molar-refractivity contribution in [3.05, 3.63) is 65.2 Å². The number of ether oxygens (including phenoxy) is 3. The van der Waals surface area contributed by atoms with Crippen molar-refractivity contribution in [3.8, 4) is 0 Å². The molecule has 0 aliphatic carbocycles. The van der Waals surface area contributed by atoms with Gasteiger partial charge < -0.3 is 24.6 Å². The second-order valence-electron chi connectivity index (χ2n) is 11.2. The number of hydrogen-bond acceptors (Lipinski definition) is 8. The minimum atomic E-state index is -0.549. The summed E-state index contributed by atoms with van der Waals surface area (Å²) in [5, 5.41) is 20.9. The Kier molecular flexibility index (Phi) is 12.7. The quantitative estimate of drug-likeness (QED) is 0.136. The summed E-state index contributed by atoms with van der Waals surface area (Å²) in [6.45, 7) is 2.56. The Morgan fingerprint density at radius 1 is 0.952 bits per heavy atom. The summed E-state index contributed by atoms with van der Waals surface area (Å²) < 4.78 is 18.4. The van der Waals surface area contributed by atoms with Crippen LogP contribution in [0.5, 0.6) is 0 Å². The van der Waals surface area contributed by atoms with Gasteiger partial charge >= 0.3 is 0 Å². The van der Waals surface area contributed by atoms with Crippen LogP contribution in [0.3, 0.4) is 0 Å². The highest BCUT2D eigenvalue weighted by atomic mass is 16.7. The molecule has 0 saturated carbocycles. The normalized spacial score (nSPS) is 22.6. The molecule has 10 nitrogen and oxygen atoms in total. The van der Waals surface area contributed by atoms with Crippen LogP contribution >= 0.6 is 0 Å². The number of anilines is 1. The van der Waals surface area contributed by atoms with Crippen LogP contribution in [0.4, 0.5) is 5.69 Å². The SMILES string of the molecule is COC[C@@H]1CCCN1C[C@@H]1C[C@H](c2ccc(CO)cc2)O[C@H](c2ccc(NC(=O)CCCCCCC(=O)NO)cc2)O1. The van der Waals surface area contributed by atoms with Crippen LogP contribution in [-0.2, 0) is 30.4 Å². The molecular formula is C32H45N3O7. The van der Waals surface area contributed by atoms with Crippen molar-refractivity contribution in [2.75, 3.05) is 32.1 Å². The second kappa shape index (κ2) is 16.7. The van der Waals surface area contributed by atoms with E-state index < -0.39 is 6.29 Å². The number of benzene rings is 2. The highest BCUT2D eigenvalue weighted by Crippen LogP contribution is 2.39. The van der Waals surface area contributed by atoms with Gasteiger partial charge in [-0.15, -0.1) is 0 Å². The summed E-state index contributed by atoms with van der Waals surface area (Å²) in [5.41, 5.74) is 5.15. The van der Waals surface area contributed by atoms with Crippen LogP contribution in [-0.4, -0.2) is 66.0 Å². The minimum absolute atomic E-state index is 0.00437. The number of hydroxylamine groups is 1. The Labute approximate surface area is 248 Å². The molecule has 230 valence electrons. The molecule has 0 bridgehead atoms. The smallest absolute Gasteiger partial charge is 0.243 e. The fourth-order valence-corrected chi connectivity index (χ4v) is 5.74. The topological polar surface area (TPSA) is 130 Å². The van der Waals surface area contributed by atoms with Crippen LogP contribution in [0.1, 0.15) is 86.9 Å². The maximum atomic E-state index is 12.4. The van der Waals surface area contributed by atoms with Crippen molar-refractivity contribution in [1.29, 1.82) is 0 Å². The zero-order valence-corrected chi connectivity index (χ0v) is 24.5. The number of aliphatic hydroxyl groups is 1. The number of carbonyl (C=O) groups excluding carboxylic acids is 2. The first kappa shape index (κ1) is 32.1. The maximum Gasteiger partial charge on any atom is 0.243 e. The number of nitrogens with zero attached hydrogens (tertiary/aromatic N) is 1. The van der Waals surface area contributed by atoms with Gasteiger partial charge in [0.25, 0.3) is 0 Å². The lowest BCUT2D eigenvalue weighted by Gasteiger charge is -2.38. The van der Waals surface area contributed by atoms with Gasteiger partial charge in [-0.2, -0.15) is 0 Å². The predicted molar refractivity (Wildman–Crippen MR) is 158 cm³/mol. The van der Waals surface area contributed by atoms with E-state index in [1.165, 1.54) is 0 Å². The summed E-state index contributed by atoms with van der Waals surface area (Å²) in [4.78, 5) is 25.9. The Hall–Kier alpha value is -2.86. The lowest BCUT2D eigenvalue weighted by molar-refractivity contribution is -0.253. The zero-order valence-electron chi connectivity index (χ0n) is 24.5. The summed E-state index contributed by atoms with van der Waals surface area (Å²) >= 11 is 0. The van der Waals surface area contributed by atoms with Crippen LogP contribution < -0.4 is 10.8 Å². The summed E-state index contributed by atoms with van der Waals surface area (Å²) in [5.74, 6) is -0.436. The molecule has 0 radical (unpaired) electrons. The van der Waals surface area contributed by atoms with E-state index in [1.807, 2.05) is 48.5 Å². The van der Waals surface area contributed by atoms with E-state index in [4.69, 9.17) is 19.4 Å². The first-order valence-electron chi connectivity index (χ1n) is 15.1. The standard InChI is InChI=1S/C32H45N3O7/c1-40-22-27-7-6-18-35(27)20-28-19-29(24-12-10-23(21-36)11-13-24)42-32(41-28)25-14-16-26(17-15-25)33-30(37)8-4-2-3-5-9-31(38)34-39/h10-17,27-29,32,36,39H,2-9,18-22H2,1H3,(H,33,37)(H,34,38)/t27-,28-,29+,32+/m0/s1. The van der Waals surface area contributed by atoms with Gasteiger partial charge in [0.15, 0.2) is 6.29 Å². The first-order chi connectivity index (χ1) is 20.5. The Morgan fingerprint density at radius 2 is 1.64 bits per heavy atom. The fraction of sp³-hybridized carbons (Fsp3) is 0.562. The molecule has 0 unspecified atom stereocenters. The van der Waals surface area contributed by atoms with E-state index in [0.29, 0.717) is 24.6 Å². The van der Waals surface area contributed by atoms with E-state index in [1.54, 1.807) is 12.6 Å². The molecular weight excluding hydrogens is 538 g/mol. The lowest BCUT2D eigenvalue weighted by atomic mass is 9.99. The Morgan fingerprint density at radius 3 is 2.31 bits per heavy atom. The number of carbonyl (C=O) groups is 2. The Balaban J connectivity index is 1.34. The van der Waals surface area contributed by atoms with Crippen molar-refractivity contribution < 1.29 is 34.1 Å². The lowest BCUT2D eigenvalue weighted by Crippen LogP contribution is -2.42. The first-order valence-corrected chi connectivity index (χ1v) is 15.1. The molecule has 2 aliphatic rings. The van der Waals surface area contributed by atoms with Gasteiger partial charge in [-0.3, -0.25) is 19.7 Å². The van der Waals surface area contributed by atoms with Crippen molar-refractivity contribution in [3.63, 3.8) is 0 Å². The minimum Gasteiger partial charge on any atom is -0.392 e. The number of hydrogen-bond donors (Lipinski definition) is 4. The number of methoxy groups -OCH3 is 1. The second-order valence-corrected chi connectivity index (χ2v) is 11.2. The number of unbranched alkanes of at least 4 members (excludes halogenated alkanes) is 3. The molecule has 2 saturated heterocycles. The average Bonchev–Trinajstić information content (AvgIpc) is 3.45. The van der Waals surface area contributed by atoms with Gasteiger partial charge in [0, 0.05) is 50.2 Å². The summed E-state index contributed by atoms with van der Waals surface area (Å²) in [6.07, 6.45) is 6.07. The van der Waals surface area contributed by atoms with Gasteiger partial charge in [0.2, 0.25) is 11.8 Å². The molecule has 2 aromatic carbocycles. The highest BCUT2D eigenvalue weighted by Gasteiger charge is 2.35. The molecule has 0 aromatic heterocycles. The van der Waals surface area contributed by atoms with Crippen LogP contribution in [0, 0.1) is 0 Å². The summed E-state index contributed by atoms with van der Waals surface area (Å²) in [7, 11) is 1.75. The van der Waals surface area contributed by atoms with Gasteiger partial charge in [-0.1, -0.05) is 49.2 Å². The van der Waals surface area contributed by atoms with E-state index in [-0.39, 0.29) is 37.0 Å². The third-order valence-corrected chi connectivity index (χ3v) is 8.06. The van der Waals surface area contributed by atoms with Gasteiger partial charge in [0.1, 0.15) is 0 Å².